The van der Waals surface area contributed by atoms with Gasteiger partial charge in [-0.25, -0.2) is 0 Å². The van der Waals surface area contributed by atoms with Gasteiger partial charge in [-0.15, -0.1) is 0 Å². The lowest BCUT2D eigenvalue weighted by atomic mass is 9.97. The molecule has 1 aliphatic rings. The summed E-state index contributed by atoms with van der Waals surface area (Å²) in [5.41, 5.74) is 6.67. The zero-order chi connectivity index (χ0) is 15.2. The first-order chi connectivity index (χ1) is 10.1. The number of carbonyl (C=O) groups excluding carboxylic acids is 1. The molecular weight excluding hydrogens is 266 g/mol. The fourth-order valence-electron chi connectivity index (χ4n) is 2.87. The van der Waals surface area contributed by atoms with Crippen LogP contribution in [-0.2, 0) is 4.79 Å². The summed E-state index contributed by atoms with van der Waals surface area (Å²) >= 11 is 0. The fraction of sp³-hybridized carbons (Fsp3) is 0.500. The molecule has 0 aromatic heterocycles. The zero-order valence-electron chi connectivity index (χ0n) is 12.0. The summed E-state index contributed by atoms with van der Waals surface area (Å²) in [5.74, 6) is -0.292. The minimum absolute atomic E-state index is 0.129. The molecule has 0 spiro atoms. The number of carbonyl (C=O) groups is 1. The van der Waals surface area contributed by atoms with Crippen LogP contribution in [0.2, 0.25) is 0 Å². The van der Waals surface area contributed by atoms with Crippen LogP contribution in [0.4, 0.5) is 0 Å². The summed E-state index contributed by atoms with van der Waals surface area (Å²) < 4.78 is 0. The Morgan fingerprint density at radius 3 is 2.76 bits per heavy atom. The third kappa shape index (κ3) is 4.28. The first-order valence-electron chi connectivity index (χ1n) is 7.30. The van der Waals surface area contributed by atoms with Gasteiger partial charge in [0, 0.05) is 19.0 Å². The number of likely N-dealkylation sites (tertiary alicyclic amines) is 1. The molecular formula is C16H21N3O2. The van der Waals surface area contributed by atoms with Gasteiger partial charge in [0.25, 0.3) is 0 Å². The monoisotopic (exact) mass is 287 g/mol. The second kappa shape index (κ2) is 7.21. The Kier molecular flexibility index (Phi) is 5.32. The first-order valence-corrected chi connectivity index (χ1v) is 7.30. The molecule has 2 rings (SSSR count). The van der Waals surface area contributed by atoms with E-state index in [0.717, 1.165) is 31.4 Å². The topological polar surface area (TPSA) is 90.3 Å². The summed E-state index contributed by atoms with van der Waals surface area (Å²) in [4.78, 5) is 13.3. The molecule has 1 saturated heterocycles. The number of nitrogens with zero attached hydrogens (tertiary/aromatic N) is 2. The number of benzene rings is 1. The molecule has 2 atom stereocenters. The molecule has 1 aromatic rings. The molecule has 5 heteroatoms. The van der Waals surface area contributed by atoms with Crippen LogP contribution >= 0.6 is 0 Å². The van der Waals surface area contributed by atoms with E-state index in [1.165, 1.54) is 0 Å². The van der Waals surface area contributed by atoms with Crippen molar-refractivity contribution < 1.29 is 9.90 Å². The smallest absolute Gasteiger partial charge is 0.218 e. The van der Waals surface area contributed by atoms with Gasteiger partial charge >= 0.3 is 0 Å². The number of amides is 1. The standard InChI is InChI=1S/C16H21N3O2/c17-10-12-4-6-13(7-5-12)15(20)11-19-8-2-1-3-14(19)9-16(18)21/h4-7,14-15,20H,1-3,8-9,11H2,(H2,18,21). The number of rotatable bonds is 5. The van der Waals surface area contributed by atoms with Crippen molar-refractivity contribution in [3.05, 3.63) is 35.4 Å². The molecule has 0 aliphatic carbocycles. The van der Waals surface area contributed by atoms with Crippen LogP contribution in [0, 0.1) is 11.3 Å². The van der Waals surface area contributed by atoms with E-state index in [4.69, 9.17) is 11.0 Å². The van der Waals surface area contributed by atoms with Crippen LogP contribution in [-0.4, -0.2) is 35.0 Å². The molecule has 21 heavy (non-hydrogen) atoms. The normalized spacial score (nSPS) is 20.7. The van der Waals surface area contributed by atoms with Crippen molar-refractivity contribution in [2.45, 2.75) is 37.8 Å². The molecule has 2 unspecified atom stereocenters. The molecule has 112 valence electrons. The number of aliphatic hydroxyl groups excluding tert-OH is 1. The first kappa shape index (κ1) is 15.5. The van der Waals surface area contributed by atoms with Crippen molar-refractivity contribution >= 4 is 5.91 Å². The number of aliphatic hydroxyl groups is 1. The van der Waals surface area contributed by atoms with Crippen LogP contribution < -0.4 is 5.73 Å². The Balaban J connectivity index is 2.00. The van der Waals surface area contributed by atoms with E-state index >= 15 is 0 Å². The van der Waals surface area contributed by atoms with Crippen molar-refractivity contribution in [2.75, 3.05) is 13.1 Å². The molecule has 0 bridgehead atoms. The number of β-amino-alcohol motifs (C(OH)–C–C–N with tert-alkyl or cyclic N) is 1. The molecule has 0 saturated carbocycles. The quantitative estimate of drug-likeness (QED) is 0.854. The van der Waals surface area contributed by atoms with Crippen LogP contribution in [0.3, 0.4) is 0 Å². The average molecular weight is 287 g/mol. The average Bonchev–Trinajstić information content (AvgIpc) is 2.49. The van der Waals surface area contributed by atoms with E-state index in [-0.39, 0.29) is 11.9 Å². The SMILES string of the molecule is N#Cc1ccc(C(O)CN2CCCCC2CC(N)=O)cc1. The van der Waals surface area contributed by atoms with Gasteiger partial charge in [0.15, 0.2) is 0 Å². The lowest BCUT2D eigenvalue weighted by molar-refractivity contribution is -0.119. The molecule has 1 amide bonds. The van der Waals surface area contributed by atoms with E-state index in [1.54, 1.807) is 24.3 Å². The molecule has 0 radical (unpaired) electrons. The minimum atomic E-state index is -0.619. The maximum absolute atomic E-state index is 11.1. The molecule has 1 aromatic carbocycles. The van der Waals surface area contributed by atoms with Gasteiger partial charge < -0.3 is 10.8 Å². The number of nitrogens with two attached hydrogens (primary N) is 1. The Morgan fingerprint density at radius 1 is 1.43 bits per heavy atom. The largest absolute Gasteiger partial charge is 0.387 e. The Morgan fingerprint density at radius 2 is 2.14 bits per heavy atom. The lowest BCUT2D eigenvalue weighted by Crippen LogP contribution is -2.43. The number of primary amides is 1. The van der Waals surface area contributed by atoms with Gasteiger partial charge in [0.05, 0.1) is 17.7 Å². The summed E-state index contributed by atoms with van der Waals surface area (Å²) in [6.07, 6.45) is 2.85. The predicted molar refractivity (Wildman–Crippen MR) is 79.1 cm³/mol. The summed E-state index contributed by atoms with van der Waals surface area (Å²) in [6, 6.07) is 9.14. The molecule has 1 fully saturated rings. The second-order valence-corrected chi connectivity index (χ2v) is 5.56. The highest BCUT2D eigenvalue weighted by Crippen LogP contribution is 2.23. The summed E-state index contributed by atoms with van der Waals surface area (Å²) in [6.45, 7) is 1.37. The third-order valence-corrected chi connectivity index (χ3v) is 4.02. The third-order valence-electron chi connectivity index (χ3n) is 4.02. The van der Waals surface area contributed by atoms with Crippen LogP contribution in [0.5, 0.6) is 0 Å². The van der Waals surface area contributed by atoms with Crippen molar-refractivity contribution in [3.63, 3.8) is 0 Å². The van der Waals surface area contributed by atoms with Crippen LogP contribution in [0.25, 0.3) is 0 Å². The van der Waals surface area contributed by atoms with Gasteiger partial charge in [0.2, 0.25) is 5.91 Å². The van der Waals surface area contributed by atoms with Crippen molar-refractivity contribution in [2.24, 2.45) is 5.73 Å². The molecule has 3 N–H and O–H groups in total. The number of piperidine rings is 1. The van der Waals surface area contributed by atoms with Gasteiger partial charge in [-0.05, 0) is 37.1 Å². The second-order valence-electron chi connectivity index (χ2n) is 5.56. The van der Waals surface area contributed by atoms with E-state index in [9.17, 15) is 9.90 Å². The highest BCUT2D eigenvalue weighted by molar-refractivity contribution is 5.74. The zero-order valence-corrected chi connectivity index (χ0v) is 12.0. The van der Waals surface area contributed by atoms with Crippen molar-refractivity contribution in [1.82, 2.24) is 4.90 Å². The Bertz CT molecular complexity index is 521. The van der Waals surface area contributed by atoms with Crippen LogP contribution in [0.15, 0.2) is 24.3 Å². The van der Waals surface area contributed by atoms with Gasteiger partial charge in [0.1, 0.15) is 0 Å². The maximum Gasteiger partial charge on any atom is 0.218 e. The number of nitriles is 1. The number of hydrogen-bond acceptors (Lipinski definition) is 4. The van der Waals surface area contributed by atoms with Gasteiger partial charge in [-0.1, -0.05) is 18.6 Å². The van der Waals surface area contributed by atoms with Gasteiger partial charge in [-0.3, -0.25) is 9.69 Å². The van der Waals surface area contributed by atoms with E-state index in [2.05, 4.69) is 11.0 Å². The Labute approximate surface area is 125 Å². The maximum atomic E-state index is 11.1. The van der Waals surface area contributed by atoms with E-state index in [0.29, 0.717) is 18.5 Å². The highest BCUT2D eigenvalue weighted by atomic mass is 16.3. The van der Waals surface area contributed by atoms with E-state index in [1.807, 2.05) is 0 Å². The molecule has 1 aliphatic heterocycles. The number of hydrogen-bond donors (Lipinski definition) is 2. The van der Waals surface area contributed by atoms with Crippen LogP contribution in [0.1, 0.15) is 42.9 Å². The minimum Gasteiger partial charge on any atom is -0.387 e. The fourth-order valence-corrected chi connectivity index (χ4v) is 2.87. The van der Waals surface area contributed by atoms with Crippen molar-refractivity contribution in [3.8, 4) is 6.07 Å². The lowest BCUT2D eigenvalue weighted by Gasteiger charge is -2.36. The van der Waals surface area contributed by atoms with E-state index < -0.39 is 6.10 Å². The van der Waals surface area contributed by atoms with Crippen molar-refractivity contribution in [1.29, 1.82) is 5.26 Å². The summed E-state index contributed by atoms with van der Waals surface area (Å²) in [7, 11) is 0. The predicted octanol–water partition coefficient (Wildman–Crippen LogP) is 1.32. The summed E-state index contributed by atoms with van der Waals surface area (Å²) in [5, 5.41) is 19.1. The molecule has 5 nitrogen and oxygen atoms in total. The van der Waals surface area contributed by atoms with Gasteiger partial charge in [-0.2, -0.15) is 5.26 Å². The molecule has 1 heterocycles. The Hall–Kier alpha value is -1.90. The highest BCUT2D eigenvalue weighted by Gasteiger charge is 2.26.